The number of ether oxygens (including phenoxy) is 2. The molecule has 1 fully saturated rings. The molecule has 0 bridgehead atoms. The SMILES string of the molecule is CCCCOc1c2n(cc(C(=O)OCC)c1=O)C[C@@H]([C@@H]1CC[C@H](C)C1)NC2=O. The molecule has 28 heavy (non-hydrogen) atoms. The molecule has 154 valence electrons. The summed E-state index contributed by atoms with van der Waals surface area (Å²) in [4.78, 5) is 38.0. The maximum Gasteiger partial charge on any atom is 0.343 e. The number of hydrogen-bond donors (Lipinski definition) is 1. The summed E-state index contributed by atoms with van der Waals surface area (Å²) >= 11 is 0. The highest BCUT2D eigenvalue weighted by Gasteiger charge is 2.36. The summed E-state index contributed by atoms with van der Waals surface area (Å²) < 4.78 is 12.4. The van der Waals surface area contributed by atoms with Gasteiger partial charge in [0.1, 0.15) is 5.56 Å². The third-order valence-corrected chi connectivity index (χ3v) is 5.71. The van der Waals surface area contributed by atoms with Gasteiger partial charge in [-0.2, -0.15) is 0 Å². The van der Waals surface area contributed by atoms with Crippen LogP contribution in [0.2, 0.25) is 0 Å². The minimum Gasteiger partial charge on any atom is -0.487 e. The number of carbonyl (C=O) groups excluding carboxylic acids is 2. The molecule has 2 aliphatic rings. The van der Waals surface area contributed by atoms with Gasteiger partial charge >= 0.3 is 5.97 Å². The molecule has 1 aromatic heterocycles. The predicted octanol–water partition coefficient (Wildman–Crippen LogP) is 2.75. The second-order valence-electron chi connectivity index (χ2n) is 7.88. The third kappa shape index (κ3) is 4.08. The van der Waals surface area contributed by atoms with Gasteiger partial charge in [-0.25, -0.2) is 4.79 Å². The fourth-order valence-corrected chi connectivity index (χ4v) is 4.20. The Morgan fingerprint density at radius 1 is 1.29 bits per heavy atom. The van der Waals surface area contributed by atoms with Gasteiger partial charge in [-0.3, -0.25) is 9.59 Å². The molecule has 3 rings (SSSR count). The average molecular weight is 390 g/mol. The zero-order valence-corrected chi connectivity index (χ0v) is 17.0. The molecule has 2 heterocycles. The summed E-state index contributed by atoms with van der Waals surface area (Å²) in [5, 5.41) is 3.07. The summed E-state index contributed by atoms with van der Waals surface area (Å²) in [6.07, 6.45) is 6.43. The first-order chi connectivity index (χ1) is 13.5. The van der Waals surface area contributed by atoms with Gasteiger partial charge in [0.15, 0.2) is 11.4 Å². The smallest absolute Gasteiger partial charge is 0.343 e. The normalized spacial score (nSPS) is 23.8. The Labute approximate surface area is 165 Å². The van der Waals surface area contributed by atoms with Gasteiger partial charge in [0, 0.05) is 18.8 Å². The maximum atomic E-state index is 12.9. The first kappa shape index (κ1) is 20.4. The molecule has 1 N–H and O–H groups in total. The van der Waals surface area contributed by atoms with E-state index in [0.717, 1.165) is 32.1 Å². The average Bonchev–Trinajstić information content (AvgIpc) is 3.10. The Bertz CT molecular complexity index is 801. The number of hydrogen-bond acceptors (Lipinski definition) is 5. The van der Waals surface area contributed by atoms with Gasteiger partial charge in [-0.15, -0.1) is 0 Å². The zero-order chi connectivity index (χ0) is 20.3. The zero-order valence-electron chi connectivity index (χ0n) is 17.0. The first-order valence-electron chi connectivity index (χ1n) is 10.3. The highest BCUT2D eigenvalue weighted by atomic mass is 16.5. The minimum atomic E-state index is -0.680. The molecule has 1 amide bonds. The number of amides is 1. The van der Waals surface area contributed by atoms with E-state index in [4.69, 9.17) is 9.47 Å². The minimum absolute atomic E-state index is 0.00834. The lowest BCUT2D eigenvalue weighted by Gasteiger charge is -2.32. The predicted molar refractivity (Wildman–Crippen MR) is 105 cm³/mol. The number of nitrogens with one attached hydrogen (secondary N) is 1. The Morgan fingerprint density at radius 3 is 2.71 bits per heavy atom. The van der Waals surface area contributed by atoms with Gasteiger partial charge in [0.2, 0.25) is 5.43 Å². The van der Waals surface area contributed by atoms with Crippen LogP contribution in [0.1, 0.15) is 73.7 Å². The summed E-state index contributed by atoms with van der Waals surface area (Å²) in [5.74, 6) is 0.0205. The third-order valence-electron chi connectivity index (χ3n) is 5.71. The van der Waals surface area contributed by atoms with Gasteiger partial charge < -0.3 is 19.4 Å². The van der Waals surface area contributed by atoms with E-state index in [9.17, 15) is 14.4 Å². The highest BCUT2D eigenvalue weighted by molar-refractivity contribution is 5.98. The van der Waals surface area contributed by atoms with Crippen LogP contribution in [-0.2, 0) is 11.3 Å². The molecule has 0 aromatic carbocycles. The van der Waals surface area contributed by atoms with Crippen LogP contribution in [0.15, 0.2) is 11.0 Å². The number of nitrogens with zero attached hydrogens (tertiary/aromatic N) is 1. The molecule has 0 radical (unpaired) electrons. The van der Waals surface area contributed by atoms with Crippen molar-refractivity contribution >= 4 is 11.9 Å². The standard InChI is InChI=1S/C21H30N2O5/c1-4-6-9-28-19-17-20(25)22-16(14-8-7-13(3)10-14)12-23(17)11-15(18(19)24)21(26)27-5-2/h11,13-14,16H,4-10,12H2,1-3H3,(H,22,25)/t13-,14+,16-/m0/s1. The monoisotopic (exact) mass is 390 g/mol. The van der Waals surface area contributed by atoms with Crippen molar-refractivity contribution in [2.45, 2.75) is 65.5 Å². The molecule has 1 aliphatic heterocycles. The van der Waals surface area contributed by atoms with E-state index in [1.165, 1.54) is 6.20 Å². The van der Waals surface area contributed by atoms with Crippen molar-refractivity contribution in [3.63, 3.8) is 0 Å². The van der Waals surface area contributed by atoms with E-state index in [1.54, 1.807) is 11.5 Å². The number of unbranched alkanes of at least 4 members (excludes halogenated alkanes) is 1. The molecular formula is C21H30N2O5. The molecule has 7 nitrogen and oxygen atoms in total. The number of pyridine rings is 1. The van der Waals surface area contributed by atoms with Crippen LogP contribution in [0.3, 0.4) is 0 Å². The van der Waals surface area contributed by atoms with Crippen LogP contribution in [-0.4, -0.2) is 35.7 Å². The van der Waals surface area contributed by atoms with Crippen molar-refractivity contribution in [1.29, 1.82) is 0 Å². The van der Waals surface area contributed by atoms with Crippen LogP contribution >= 0.6 is 0 Å². The van der Waals surface area contributed by atoms with E-state index in [-0.39, 0.29) is 35.6 Å². The molecule has 1 aliphatic carbocycles. The number of carbonyl (C=O) groups is 2. The van der Waals surface area contributed by atoms with E-state index in [1.807, 2.05) is 6.92 Å². The number of rotatable bonds is 7. The summed E-state index contributed by atoms with van der Waals surface area (Å²) in [6, 6.07) is -0.00834. The Hall–Kier alpha value is -2.31. The fourth-order valence-electron chi connectivity index (χ4n) is 4.20. The Morgan fingerprint density at radius 2 is 2.07 bits per heavy atom. The summed E-state index contributed by atoms with van der Waals surface area (Å²) in [6.45, 7) is 6.96. The van der Waals surface area contributed by atoms with Crippen molar-refractivity contribution in [2.75, 3.05) is 13.2 Å². The molecular weight excluding hydrogens is 360 g/mol. The highest BCUT2D eigenvalue weighted by Crippen LogP contribution is 2.34. The second-order valence-corrected chi connectivity index (χ2v) is 7.88. The van der Waals surface area contributed by atoms with Gasteiger partial charge in [-0.05, 0) is 38.0 Å². The van der Waals surface area contributed by atoms with Crippen LogP contribution < -0.4 is 15.5 Å². The largest absolute Gasteiger partial charge is 0.487 e. The lowest BCUT2D eigenvalue weighted by Crippen LogP contribution is -2.49. The van der Waals surface area contributed by atoms with Gasteiger partial charge in [0.05, 0.1) is 13.2 Å². The molecule has 0 saturated heterocycles. The molecule has 0 spiro atoms. The van der Waals surface area contributed by atoms with Crippen molar-refractivity contribution in [1.82, 2.24) is 9.88 Å². The lowest BCUT2D eigenvalue weighted by molar-refractivity contribution is 0.0521. The van der Waals surface area contributed by atoms with Gasteiger partial charge in [-0.1, -0.05) is 26.7 Å². The molecule has 0 unspecified atom stereocenters. The lowest BCUT2D eigenvalue weighted by atomic mass is 9.94. The van der Waals surface area contributed by atoms with Crippen LogP contribution in [0, 0.1) is 11.8 Å². The fraction of sp³-hybridized carbons (Fsp3) is 0.667. The number of aromatic nitrogens is 1. The molecule has 7 heteroatoms. The second kappa shape index (κ2) is 8.80. The summed E-state index contributed by atoms with van der Waals surface area (Å²) in [5.41, 5.74) is -0.453. The van der Waals surface area contributed by atoms with Crippen molar-refractivity contribution in [2.24, 2.45) is 11.8 Å². The van der Waals surface area contributed by atoms with E-state index >= 15 is 0 Å². The first-order valence-corrected chi connectivity index (χ1v) is 10.3. The van der Waals surface area contributed by atoms with Crippen LogP contribution in [0.25, 0.3) is 0 Å². The van der Waals surface area contributed by atoms with E-state index < -0.39 is 11.4 Å². The van der Waals surface area contributed by atoms with Crippen molar-refractivity contribution in [3.8, 4) is 5.75 Å². The molecule has 3 atom stereocenters. The van der Waals surface area contributed by atoms with E-state index in [0.29, 0.717) is 25.0 Å². The summed E-state index contributed by atoms with van der Waals surface area (Å²) in [7, 11) is 0. The maximum absolute atomic E-state index is 12.9. The molecule has 1 saturated carbocycles. The molecule has 1 aromatic rings. The number of esters is 1. The number of fused-ring (bicyclic) bond motifs is 1. The van der Waals surface area contributed by atoms with Crippen molar-refractivity contribution < 1.29 is 19.1 Å². The quantitative estimate of drug-likeness (QED) is 0.571. The Balaban J connectivity index is 1.99. The van der Waals surface area contributed by atoms with Crippen LogP contribution in [0.5, 0.6) is 5.75 Å². The van der Waals surface area contributed by atoms with Gasteiger partial charge in [0.25, 0.3) is 5.91 Å². The topological polar surface area (TPSA) is 86.6 Å². The van der Waals surface area contributed by atoms with E-state index in [2.05, 4.69) is 12.2 Å². The Kier molecular flexibility index (Phi) is 6.42. The van der Waals surface area contributed by atoms with Crippen molar-refractivity contribution in [3.05, 3.63) is 27.7 Å². The van der Waals surface area contributed by atoms with Crippen LogP contribution in [0.4, 0.5) is 0 Å².